The van der Waals surface area contributed by atoms with Crippen molar-refractivity contribution in [3.63, 3.8) is 0 Å². The predicted molar refractivity (Wildman–Crippen MR) is 47.3 cm³/mol. The molecule has 0 aliphatic heterocycles. The van der Waals surface area contributed by atoms with Crippen LogP contribution < -0.4 is 5.49 Å². The Hall–Kier alpha value is -1.52. The molecule has 0 aliphatic carbocycles. The second-order valence-electron chi connectivity index (χ2n) is 2.59. The van der Waals surface area contributed by atoms with Crippen LogP contribution in [0.2, 0.25) is 0 Å². The first-order chi connectivity index (χ1) is 6.49. The Kier molecular flexibility index (Phi) is 2.78. The van der Waals surface area contributed by atoms with Crippen LogP contribution in [0.3, 0.4) is 0 Å². The number of hydrogen-bond acceptors (Lipinski definition) is 1. The molecular weight excluding hydrogens is 193 g/mol. The highest BCUT2D eigenvalue weighted by molar-refractivity contribution is 5.23. The zero-order valence-electron chi connectivity index (χ0n) is 7.54. The molecule has 1 aromatic rings. The van der Waals surface area contributed by atoms with Gasteiger partial charge in [-0.15, -0.1) is 0 Å². The Labute approximate surface area is 79.0 Å². The van der Waals surface area contributed by atoms with Gasteiger partial charge in [0.2, 0.25) is 0 Å². The highest BCUT2D eigenvalue weighted by Crippen LogP contribution is 2.27. The van der Waals surface area contributed by atoms with E-state index in [1.165, 1.54) is 23.9 Å². The highest BCUT2D eigenvalue weighted by Gasteiger charge is 2.30. The average molecular weight is 202 g/mol. The third-order valence-electron chi connectivity index (χ3n) is 1.71. The van der Waals surface area contributed by atoms with Gasteiger partial charge in [-0.2, -0.15) is 13.2 Å². The van der Waals surface area contributed by atoms with Gasteiger partial charge in [0, 0.05) is 19.4 Å². The van der Waals surface area contributed by atoms with Gasteiger partial charge in [-0.05, 0) is 12.1 Å². The largest absolute Gasteiger partial charge is 0.417 e. The quantitative estimate of drug-likeness (QED) is 0.663. The van der Waals surface area contributed by atoms with Crippen molar-refractivity contribution in [2.75, 3.05) is 7.05 Å². The van der Waals surface area contributed by atoms with Crippen molar-refractivity contribution in [2.45, 2.75) is 6.18 Å². The van der Waals surface area contributed by atoms with Crippen molar-refractivity contribution >= 4 is 6.20 Å². The summed E-state index contributed by atoms with van der Waals surface area (Å²) in [6, 6.07) is 2.28. The molecule has 5 heteroatoms. The summed E-state index contributed by atoms with van der Waals surface area (Å²) in [5, 5.41) is 0. The topological polar surface area (TPSA) is 17.3 Å². The van der Waals surface area contributed by atoms with Gasteiger partial charge in [-0.25, -0.2) is 0 Å². The first kappa shape index (κ1) is 10.6. The van der Waals surface area contributed by atoms with E-state index in [-0.39, 0.29) is 0 Å². The van der Waals surface area contributed by atoms with Crippen LogP contribution in [0, 0.1) is 0 Å². The number of nitrogens with zero attached hydrogens (tertiary/aromatic N) is 2. The fraction of sp³-hybridized carbons (Fsp3) is 0.222. The lowest BCUT2D eigenvalue weighted by atomic mass is 10.3. The Balaban J connectivity index is 3.36. The monoisotopic (exact) mass is 202 g/mol. The van der Waals surface area contributed by atoms with Crippen molar-refractivity contribution in [1.29, 1.82) is 0 Å². The molecular formula is C9H9F3N2. The van der Waals surface area contributed by atoms with Crippen molar-refractivity contribution in [2.24, 2.45) is 4.99 Å². The molecule has 0 fully saturated rings. The number of hydrogen-bond donors (Lipinski definition) is 0. The fourth-order valence-electron chi connectivity index (χ4n) is 1.01. The highest BCUT2D eigenvalue weighted by atomic mass is 19.4. The first-order valence-electron chi connectivity index (χ1n) is 3.84. The van der Waals surface area contributed by atoms with Gasteiger partial charge >= 0.3 is 6.18 Å². The molecule has 0 radical (unpaired) electrons. The van der Waals surface area contributed by atoms with E-state index in [0.29, 0.717) is 5.49 Å². The second kappa shape index (κ2) is 3.69. The number of rotatable bonds is 1. The van der Waals surface area contributed by atoms with Crippen LogP contribution in [-0.4, -0.2) is 11.6 Å². The minimum absolute atomic E-state index is 0.424. The van der Waals surface area contributed by atoms with Crippen molar-refractivity contribution in [3.05, 3.63) is 36.0 Å². The molecule has 1 aromatic heterocycles. The van der Waals surface area contributed by atoms with Gasteiger partial charge in [0.15, 0.2) is 0 Å². The van der Waals surface area contributed by atoms with Gasteiger partial charge in [-0.3, -0.25) is 4.99 Å². The van der Waals surface area contributed by atoms with Crippen LogP contribution in [0.15, 0.2) is 29.9 Å². The maximum absolute atomic E-state index is 12.3. The third-order valence-corrected chi connectivity index (χ3v) is 1.71. The molecule has 76 valence electrons. The zero-order valence-corrected chi connectivity index (χ0v) is 7.54. The SMILES string of the molecule is C=Cn1cc(C(F)(F)F)cc/c1=N/C. The van der Waals surface area contributed by atoms with Gasteiger partial charge in [0.1, 0.15) is 5.49 Å². The Bertz CT molecular complexity index is 401. The van der Waals surface area contributed by atoms with E-state index >= 15 is 0 Å². The maximum atomic E-state index is 12.3. The van der Waals surface area contributed by atoms with E-state index in [1.807, 2.05) is 0 Å². The molecule has 0 saturated carbocycles. The van der Waals surface area contributed by atoms with Crippen LogP contribution in [0.25, 0.3) is 6.20 Å². The van der Waals surface area contributed by atoms with E-state index in [0.717, 1.165) is 12.3 Å². The van der Waals surface area contributed by atoms with Crippen LogP contribution in [0.1, 0.15) is 5.56 Å². The van der Waals surface area contributed by atoms with Gasteiger partial charge < -0.3 is 4.57 Å². The Morgan fingerprint density at radius 1 is 1.43 bits per heavy atom. The lowest BCUT2D eigenvalue weighted by Crippen LogP contribution is -2.18. The molecule has 0 amide bonds. The number of halogens is 3. The second-order valence-corrected chi connectivity index (χ2v) is 2.59. The molecule has 0 unspecified atom stereocenters. The summed E-state index contributed by atoms with van der Waals surface area (Å²) in [5.74, 6) is 0. The molecule has 0 aromatic carbocycles. The van der Waals surface area contributed by atoms with Crippen LogP contribution in [0.4, 0.5) is 13.2 Å². The maximum Gasteiger partial charge on any atom is 0.417 e. The van der Waals surface area contributed by atoms with E-state index < -0.39 is 11.7 Å². The molecule has 0 N–H and O–H groups in total. The number of alkyl halides is 3. The lowest BCUT2D eigenvalue weighted by Gasteiger charge is -2.08. The fourth-order valence-corrected chi connectivity index (χ4v) is 1.01. The summed E-state index contributed by atoms with van der Waals surface area (Å²) >= 11 is 0. The van der Waals surface area contributed by atoms with Crippen LogP contribution in [0.5, 0.6) is 0 Å². The smallest absolute Gasteiger partial charge is 0.309 e. The number of aromatic nitrogens is 1. The average Bonchev–Trinajstić information content (AvgIpc) is 2.15. The minimum atomic E-state index is -4.34. The summed E-state index contributed by atoms with van der Waals surface area (Å²) in [6.45, 7) is 3.40. The predicted octanol–water partition coefficient (Wildman–Crippen LogP) is 2.14. The molecule has 0 bridgehead atoms. The summed E-state index contributed by atoms with van der Waals surface area (Å²) in [5.41, 5.74) is -0.294. The Morgan fingerprint density at radius 2 is 2.07 bits per heavy atom. The summed E-state index contributed by atoms with van der Waals surface area (Å²) in [6.07, 6.45) is -2.11. The standard InChI is InChI=1S/C9H9F3N2/c1-3-14-6-7(9(10,11)12)4-5-8(14)13-2/h3-6H,1H2,2H3/b13-8-. The summed E-state index contributed by atoms with van der Waals surface area (Å²) in [7, 11) is 1.50. The molecule has 14 heavy (non-hydrogen) atoms. The third kappa shape index (κ3) is 2.04. The van der Waals surface area contributed by atoms with Gasteiger partial charge in [0.05, 0.1) is 5.56 Å². The first-order valence-corrected chi connectivity index (χ1v) is 3.84. The van der Waals surface area contributed by atoms with Crippen LogP contribution in [-0.2, 0) is 6.18 Å². The van der Waals surface area contributed by atoms with Crippen molar-refractivity contribution < 1.29 is 13.2 Å². The van der Waals surface area contributed by atoms with E-state index in [2.05, 4.69) is 11.6 Å². The summed E-state index contributed by atoms with van der Waals surface area (Å²) in [4.78, 5) is 3.79. The molecule has 0 aliphatic rings. The van der Waals surface area contributed by atoms with Gasteiger partial charge in [-0.1, -0.05) is 6.58 Å². The molecule has 0 atom stereocenters. The molecule has 0 saturated heterocycles. The Morgan fingerprint density at radius 3 is 2.50 bits per heavy atom. The van der Waals surface area contributed by atoms with Crippen molar-refractivity contribution in [3.8, 4) is 0 Å². The van der Waals surface area contributed by atoms with Crippen LogP contribution >= 0.6 is 0 Å². The van der Waals surface area contributed by atoms with E-state index in [4.69, 9.17) is 0 Å². The molecule has 0 spiro atoms. The van der Waals surface area contributed by atoms with Crippen molar-refractivity contribution in [1.82, 2.24) is 4.57 Å². The van der Waals surface area contributed by atoms with Gasteiger partial charge in [0.25, 0.3) is 0 Å². The van der Waals surface area contributed by atoms with E-state index in [9.17, 15) is 13.2 Å². The summed E-state index contributed by atoms with van der Waals surface area (Å²) < 4.78 is 38.0. The normalized spacial score (nSPS) is 13.0. The number of pyridine rings is 1. The minimum Gasteiger partial charge on any atom is -0.309 e. The van der Waals surface area contributed by atoms with E-state index in [1.54, 1.807) is 0 Å². The molecule has 1 rings (SSSR count). The lowest BCUT2D eigenvalue weighted by molar-refractivity contribution is -0.137. The molecule has 1 heterocycles. The zero-order chi connectivity index (χ0) is 10.8. The molecule has 2 nitrogen and oxygen atoms in total.